The van der Waals surface area contributed by atoms with Gasteiger partial charge in [-0.05, 0) is 52.7 Å². The summed E-state index contributed by atoms with van der Waals surface area (Å²) in [5.41, 5.74) is 4.65. The van der Waals surface area contributed by atoms with Crippen LogP contribution in [0.3, 0.4) is 0 Å². The minimum absolute atomic E-state index is 0. The molecule has 6 rings (SSSR count). The van der Waals surface area contributed by atoms with Crippen molar-refractivity contribution in [3.05, 3.63) is 96.1 Å². The molecule has 1 aliphatic rings. The molecule has 0 aliphatic carbocycles. The number of rotatable bonds is 5. The number of nitrogens with zero attached hydrogens (tertiary/aromatic N) is 2. The number of piperazine rings is 1. The molecule has 7 heteroatoms. The number of anilines is 1. The Morgan fingerprint density at radius 3 is 2.56 bits per heavy atom. The molecule has 5 aromatic rings. The van der Waals surface area contributed by atoms with Gasteiger partial charge in [0.15, 0.2) is 0 Å². The molecule has 0 saturated carbocycles. The van der Waals surface area contributed by atoms with Crippen molar-refractivity contribution in [1.29, 1.82) is 0 Å². The van der Waals surface area contributed by atoms with E-state index in [0.29, 0.717) is 5.56 Å². The lowest BCUT2D eigenvalue weighted by molar-refractivity contribution is 0.102. The van der Waals surface area contributed by atoms with Crippen LogP contribution in [0.5, 0.6) is 0 Å². The van der Waals surface area contributed by atoms with Gasteiger partial charge < -0.3 is 10.6 Å². The predicted octanol–water partition coefficient (Wildman–Crippen LogP) is 6.20. The number of hydrogen-bond donors (Lipinski definition) is 2. The number of nitrogens with one attached hydrogen (secondary N) is 2. The average molecular weight is 515 g/mol. The quantitative estimate of drug-likeness (QED) is 0.293. The molecule has 0 bridgehead atoms. The molecular formula is C29H27ClN4OS. The Bertz CT molecular complexity index is 1530. The Morgan fingerprint density at radius 2 is 1.69 bits per heavy atom. The second-order valence-electron chi connectivity index (χ2n) is 8.91. The number of amides is 1. The van der Waals surface area contributed by atoms with Crippen molar-refractivity contribution >= 4 is 56.3 Å². The molecule has 1 saturated heterocycles. The molecule has 5 nitrogen and oxygen atoms in total. The van der Waals surface area contributed by atoms with E-state index >= 15 is 0 Å². The molecule has 182 valence electrons. The molecule has 36 heavy (non-hydrogen) atoms. The molecule has 2 N–H and O–H groups in total. The van der Waals surface area contributed by atoms with Gasteiger partial charge in [-0.25, -0.2) is 4.98 Å². The maximum atomic E-state index is 13.1. The van der Waals surface area contributed by atoms with Crippen LogP contribution in [0.4, 0.5) is 5.69 Å². The number of fused-ring (bicyclic) bond motifs is 2. The third-order valence-corrected chi connectivity index (χ3v) is 7.54. The van der Waals surface area contributed by atoms with E-state index in [-0.39, 0.29) is 18.3 Å². The van der Waals surface area contributed by atoms with Gasteiger partial charge in [-0.3, -0.25) is 9.69 Å². The molecular weight excluding hydrogens is 488 g/mol. The molecule has 1 amide bonds. The fourth-order valence-corrected chi connectivity index (χ4v) is 5.68. The zero-order valence-electron chi connectivity index (χ0n) is 19.7. The van der Waals surface area contributed by atoms with E-state index in [4.69, 9.17) is 4.98 Å². The van der Waals surface area contributed by atoms with Gasteiger partial charge in [0.25, 0.3) is 5.91 Å². The van der Waals surface area contributed by atoms with Crippen LogP contribution in [-0.2, 0) is 6.54 Å². The lowest BCUT2D eigenvalue weighted by Crippen LogP contribution is -2.42. The van der Waals surface area contributed by atoms with E-state index in [1.165, 1.54) is 10.3 Å². The van der Waals surface area contributed by atoms with Crippen LogP contribution in [-0.4, -0.2) is 42.0 Å². The Kier molecular flexibility index (Phi) is 7.30. The number of thiazole rings is 1. The highest BCUT2D eigenvalue weighted by Gasteiger charge is 2.15. The number of halogens is 1. The normalized spacial score (nSPS) is 14.0. The van der Waals surface area contributed by atoms with Crippen molar-refractivity contribution in [2.24, 2.45) is 0 Å². The zero-order valence-corrected chi connectivity index (χ0v) is 21.4. The third kappa shape index (κ3) is 5.13. The van der Waals surface area contributed by atoms with E-state index in [9.17, 15) is 4.79 Å². The second-order valence-corrected chi connectivity index (χ2v) is 9.94. The molecule has 1 aliphatic heterocycles. The van der Waals surface area contributed by atoms with Crippen LogP contribution in [0, 0.1) is 0 Å². The summed E-state index contributed by atoms with van der Waals surface area (Å²) in [5, 5.41) is 9.61. The summed E-state index contributed by atoms with van der Waals surface area (Å²) >= 11 is 1.67. The summed E-state index contributed by atoms with van der Waals surface area (Å²) in [7, 11) is 0. The first-order chi connectivity index (χ1) is 17.2. The van der Waals surface area contributed by atoms with Crippen molar-refractivity contribution in [2.45, 2.75) is 6.54 Å². The minimum atomic E-state index is -0.123. The van der Waals surface area contributed by atoms with Crippen LogP contribution in [0.25, 0.3) is 31.6 Å². The van der Waals surface area contributed by atoms with Crippen LogP contribution in [0.2, 0.25) is 0 Å². The highest BCUT2D eigenvalue weighted by molar-refractivity contribution is 7.21. The standard InChI is InChI=1S/C29H26N4OS.ClH/c34-28(23-11-10-21-5-1-2-6-22(21)18-23)31-25-8-4-3-7-24(25)29-32-26-12-9-20(17-27(26)35-29)19-33-15-13-30-14-16-33;/h1-12,17-18,30H,13-16,19H2,(H,31,34);1H. The Balaban J connectivity index is 0.00000267. The van der Waals surface area contributed by atoms with E-state index < -0.39 is 0 Å². The Morgan fingerprint density at radius 1 is 0.917 bits per heavy atom. The van der Waals surface area contributed by atoms with E-state index in [1.807, 2.05) is 60.7 Å². The monoisotopic (exact) mass is 514 g/mol. The molecule has 4 aromatic carbocycles. The highest BCUT2D eigenvalue weighted by Crippen LogP contribution is 2.35. The van der Waals surface area contributed by atoms with Gasteiger partial charge in [0.1, 0.15) is 5.01 Å². The van der Waals surface area contributed by atoms with Crippen molar-refractivity contribution in [3.8, 4) is 10.6 Å². The smallest absolute Gasteiger partial charge is 0.255 e. The van der Waals surface area contributed by atoms with Gasteiger partial charge in [0.2, 0.25) is 0 Å². The van der Waals surface area contributed by atoms with Gasteiger partial charge >= 0.3 is 0 Å². The summed E-state index contributed by atoms with van der Waals surface area (Å²) in [6, 6.07) is 28.3. The lowest BCUT2D eigenvalue weighted by atomic mass is 10.1. The largest absolute Gasteiger partial charge is 0.321 e. The third-order valence-electron chi connectivity index (χ3n) is 6.49. The van der Waals surface area contributed by atoms with Crippen molar-refractivity contribution in [1.82, 2.24) is 15.2 Å². The second kappa shape index (κ2) is 10.8. The first-order valence-corrected chi connectivity index (χ1v) is 12.8. The zero-order chi connectivity index (χ0) is 23.6. The summed E-state index contributed by atoms with van der Waals surface area (Å²) in [5.74, 6) is -0.123. The molecule has 0 atom stereocenters. The maximum Gasteiger partial charge on any atom is 0.255 e. The topological polar surface area (TPSA) is 57.3 Å². The van der Waals surface area contributed by atoms with Gasteiger partial charge in [0, 0.05) is 43.9 Å². The van der Waals surface area contributed by atoms with Crippen molar-refractivity contribution < 1.29 is 4.79 Å². The van der Waals surface area contributed by atoms with Crippen molar-refractivity contribution in [2.75, 3.05) is 31.5 Å². The first kappa shape index (κ1) is 24.4. The predicted molar refractivity (Wildman–Crippen MR) is 152 cm³/mol. The number of benzene rings is 4. The SMILES string of the molecule is Cl.O=C(Nc1ccccc1-c1nc2ccc(CN3CCNCC3)cc2s1)c1ccc2ccccc2c1. The molecule has 0 unspecified atom stereocenters. The van der Waals surface area contributed by atoms with Crippen LogP contribution in [0.1, 0.15) is 15.9 Å². The Hall–Kier alpha value is -3.29. The number of carbonyl (C=O) groups excluding carboxylic acids is 1. The van der Waals surface area contributed by atoms with Gasteiger partial charge in [-0.1, -0.05) is 48.5 Å². The van der Waals surface area contributed by atoms with Crippen molar-refractivity contribution in [3.63, 3.8) is 0 Å². The fraction of sp³-hybridized carbons (Fsp3) is 0.172. The minimum Gasteiger partial charge on any atom is -0.321 e. The summed E-state index contributed by atoms with van der Waals surface area (Å²) < 4.78 is 1.17. The van der Waals surface area contributed by atoms with Gasteiger partial charge in [-0.2, -0.15) is 0 Å². The van der Waals surface area contributed by atoms with Crippen LogP contribution < -0.4 is 10.6 Å². The molecule has 2 heterocycles. The average Bonchev–Trinajstić information content (AvgIpc) is 3.32. The highest BCUT2D eigenvalue weighted by atomic mass is 35.5. The molecule has 1 fully saturated rings. The number of aromatic nitrogens is 1. The summed E-state index contributed by atoms with van der Waals surface area (Å²) in [6.07, 6.45) is 0. The first-order valence-electron chi connectivity index (χ1n) is 11.9. The van der Waals surface area contributed by atoms with Crippen LogP contribution in [0.15, 0.2) is 84.9 Å². The maximum absolute atomic E-state index is 13.1. The van der Waals surface area contributed by atoms with E-state index in [2.05, 4.69) is 39.8 Å². The number of hydrogen-bond acceptors (Lipinski definition) is 5. The van der Waals surface area contributed by atoms with E-state index in [0.717, 1.165) is 65.3 Å². The Labute approximate surface area is 220 Å². The van der Waals surface area contributed by atoms with Gasteiger partial charge in [0.05, 0.1) is 15.9 Å². The number of para-hydroxylation sites is 1. The summed E-state index contributed by atoms with van der Waals surface area (Å²) in [6.45, 7) is 5.22. The number of carbonyl (C=O) groups is 1. The molecule has 0 spiro atoms. The molecule has 1 aromatic heterocycles. The summed E-state index contributed by atoms with van der Waals surface area (Å²) in [4.78, 5) is 20.5. The lowest BCUT2D eigenvalue weighted by Gasteiger charge is -2.27. The van der Waals surface area contributed by atoms with Crippen LogP contribution >= 0.6 is 23.7 Å². The van der Waals surface area contributed by atoms with Gasteiger partial charge in [-0.15, -0.1) is 23.7 Å². The fourth-order valence-electron chi connectivity index (χ4n) is 4.61. The molecule has 0 radical (unpaired) electrons. The van der Waals surface area contributed by atoms with E-state index in [1.54, 1.807) is 11.3 Å².